The highest BCUT2D eigenvalue weighted by Crippen LogP contribution is 2.28. The van der Waals surface area contributed by atoms with E-state index in [2.05, 4.69) is 5.32 Å². The molecule has 0 fully saturated rings. The number of nitrogens with one attached hydrogen (secondary N) is 1. The molecule has 0 spiro atoms. The van der Waals surface area contributed by atoms with E-state index in [0.717, 1.165) is 16.9 Å². The summed E-state index contributed by atoms with van der Waals surface area (Å²) in [5.74, 6) is 0.701. The zero-order valence-corrected chi connectivity index (χ0v) is 12.4. The van der Waals surface area contributed by atoms with Gasteiger partial charge in [-0.25, -0.2) is 0 Å². The molecule has 1 heterocycles. The lowest BCUT2D eigenvalue weighted by Gasteiger charge is -2.17. The second-order valence-corrected chi connectivity index (χ2v) is 5.64. The maximum absolute atomic E-state index is 12.3. The number of carbonyl (C=O) groups is 1. The van der Waals surface area contributed by atoms with Crippen molar-refractivity contribution in [2.24, 2.45) is 0 Å². The van der Waals surface area contributed by atoms with Crippen LogP contribution < -0.4 is 10.1 Å². The number of para-hydroxylation sites is 1. The number of hydrogen-bond acceptors (Lipinski definition) is 2. The lowest BCUT2D eigenvalue weighted by molar-refractivity contribution is -0.127. The molecule has 0 saturated carbocycles. The van der Waals surface area contributed by atoms with E-state index < -0.39 is 6.10 Å². The van der Waals surface area contributed by atoms with Gasteiger partial charge in [0.1, 0.15) is 5.75 Å². The molecular weight excluding hydrogens is 286 g/mol. The van der Waals surface area contributed by atoms with Crippen LogP contribution in [-0.2, 0) is 11.2 Å². The van der Waals surface area contributed by atoms with E-state index in [1.807, 2.05) is 55.5 Å². The third kappa shape index (κ3) is 3.03. The number of amides is 1. The number of hydrogen-bond donors (Lipinski definition) is 1. The van der Waals surface area contributed by atoms with Crippen LogP contribution in [0.4, 0.5) is 0 Å². The predicted molar refractivity (Wildman–Crippen MR) is 82.6 cm³/mol. The van der Waals surface area contributed by atoms with Gasteiger partial charge in [-0.3, -0.25) is 4.79 Å². The van der Waals surface area contributed by atoms with Gasteiger partial charge in [-0.1, -0.05) is 41.9 Å². The number of rotatable bonds is 3. The van der Waals surface area contributed by atoms with Crippen molar-refractivity contribution >= 4 is 17.5 Å². The first-order chi connectivity index (χ1) is 10.1. The fourth-order valence-electron chi connectivity index (χ4n) is 2.49. The zero-order valence-electron chi connectivity index (χ0n) is 11.7. The van der Waals surface area contributed by atoms with Crippen molar-refractivity contribution in [2.45, 2.75) is 25.5 Å². The molecule has 2 aromatic carbocycles. The topological polar surface area (TPSA) is 38.3 Å². The van der Waals surface area contributed by atoms with E-state index in [1.54, 1.807) is 0 Å². The van der Waals surface area contributed by atoms with E-state index >= 15 is 0 Å². The predicted octanol–water partition coefficient (Wildman–Crippen LogP) is 3.52. The van der Waals surface area contributed by atoms with Crippen molar-refractivity contribution in [3.05, 3.63) is 64.7 Å². The van der Waals surface area contributed by atoms with Crippen molar-refractivity contribution < 1.29 is 9.53 Å². The Balaban J connectivity index is 1.65. The Labute approximate surface area is 128 Å². The number of fused-ring (bicyclic) bond motifs is 1. The maximum Gasteiger partial charge on any atom is 0.261 e. The fraction of sp³-hybridized carbons (Fsp3) is 0.235. The molecule has 1 aliphatic heterocycles. The van der Waals surface area contributed by atoms with Gasteiger partial charge in [0.15, 0.2) is 6.10 Å². The van der Waals surface area contributed by atoms with E-state index in [1.165, 1.54) is 0 Å². The molecule has 2 atom stereocenters. The zero-order chi connectivity index (χ0) is 14.8. The van der Waals surface area contributed by atoms with Gasteiger partial charge in [0.25, 0.3) is 5.91 Å². The van der Waals surface area contributed by atoms with E-state index in [0.29, 0.717) is 11.4 Å². The summed E-state index contributed by atoms with van der Waals surface area (Å²) in [6.45, 7) is 1.94. The molecule has 4 heteroatoms. The van der Waals surface area contributed by atoms with Crippen LogP contribution in [0.2, 0.25) is 5.02 Å². The van der Waals surface area contributed by atoms with Crippen molar-refractivity contribution in [3.8, 4) is 5.75 Å². The van der Waals surface area contributed by atoms with Gasteiger partial charge in [0.2, 0.25) is 0 Å². The molecule has 0 aromatic heterocycles. The molecule has 0 aliphatic carbocycles. The Morgan fingerprint density at radius 2 is 2.10 bits per heavy atom. The Hall–Kier alpha value is -2.00. The smallest absolute Gasteiger partial charge is 0.261 e. The van der Waals surface area contributed by atoms with Gasteiger partial charge in [-0.15, -0.1) is 0 Å². The summed E-state index contributed by atoms with van der Waals surface area (Å²) in [5.41, 5.74) is 2.06. The molecule has 21 heavy (non-hydrogen) atoms. The SMILES string of the molecule is C[C@@H](NC(=O)[C@H]1Cc2ccccc2O1)c1cccc(Cl)c1. The molecule has 1 amide bonds. The molecule has 3 rings (SSSR count). The minimum Gasteiger partial charge on any atom is -0.480 e. The highest BCUT2D eigenvalue weighted by Gasteiger charge is 2.29. The largest absolute Gasteiger partial charge is 0.480 e. The van der Waals surface area contributed by atoms with E-state index in [4.69, 9.17) is 16.3 Å². The summed E-state index contributed by atoms with van der Waals surface area (Å²) in [6.07, 6.45) is 0.161. The molecule has 0 saturated heterocycles. The van der Waals surface area contributed by atoms with Gasteiger partial charge in [0.05, 0.1) is 6.04 Å². The van der Waals surface area contributed by atoms with E-state index in [9.17, 15) is 4.79 Å². The van der Waals surface area contributed by atoms with Gasteiger partial charge in [-0.2, -0.15) is 0 Å². The maximum atomic E-state index is 12.3. The van der Waals surface area contributed by atoms with Crippen LogP contribution in [0, 0.1) is 0 Å². The Morgan fingerprint density at radius 1 is 1.29 bits per heavy atom. The highest BCUT2D eigenvalue weighted by molar-refractivity contribution is 6.30. The quantitative estimate of drug-likeness (QED) is 0.942. The van der Waals surface area contributed by atoms with Crippen molar-refractivity contribution in [1.29, 1.82) is 0 Å². The average molecular weight is 302 g/mol. The first-order valence-electron chi connectivity index (χ1n) is 6.94. The molecule has 2 aromatic rings. The van der Waals surface area contributed by atoms with E-state index in [-0.39, 0.29) is 11.9 Å². The number of halogens is 1. The average Bonchev–Trinajstić information content (AvgIpc) is 2.91. The second kappa shape index (κ2) is 5.78. The number of carbonyl (C=O) groups excluding carboxylic acids is 1. The summed E-state index contributed by atoms with van der Waals surface area (Å²) < 4.78 is 5.69. The Bertz CT molecular complexity index is 646. The van der Waals surface area contributed by atoms with Crippen LogP contribution in [-0.4, -0.2) is 12.0 Å². The molecule has 0 bridgehead atoms. The van der Waals surface area contributed by atoms with Gasteiger partial charge >= 0.3 is 0 Å². The Kier molecular flexibility index (Phi) is 3.84. The van der Waals surface area contributed by atoms with Crippen LogP contribution >= 0.6 is 11.6 Å². The van der Waals surface area contributed by atoms with Gasteiger partial charge < -0.3 is 10.1 Å². The molecule has 0 unspecified atom stereocenters. The molecule has 1 aliphatic rings. The number of ether oxygens (including phenoxy) is 1. The van der Waals surface area contributed by atoms with Crippen molar-refractivity contribution in [2.75, 3.05) is 0 Å². The van der Waals surface area contributed by atoms with Crippen LogP contribution in [0.5, 0.6) is 5.75 Å². The van der Waals surface area contributed by atoms with Crippen molar-refractivity contribution in [3.63, 3.8) is 0 Å². The second-order valence-electron chi connectivity index (χ2n) is 5.20. The first-order valence-corrected chi connectivity index (χ1v) is 7.31. The van der Waals surface area contributed by atoms with Gasteiger partial charge in [0, 0.05) is 11.4 Å². The molecule has 0 radical (unpaired) electrons. The lowest BCUT2D eigenvalue weighted by Crippen LogP contribution is -2.38. The summed E-state index contributed by atoms with van der Waals surface area (Å²) in [4.78, 5) is 12.3. The monoisotopic (exact) mass is 301 g/mol. The molecule has 1 N–H and O–H groups in total. The minimum absolute atomic E-state index is 0.0984. The third-order valence-corrected chi connectivity index (χ3v) is 3.88. The van der Waals surface area contributed by atoms with Crippen LogP contribution in [0.1, 0.15) is 24.1 Å². The Morgan fingerprint density at radius 3 is 2.86 bits per heavy atom. The summed E-state index contributed by atoms with van der Waals surface area (Å²) in [7, 11) is 0. The van der Waals surface area contributed by atoms with Crippen LogP contribution in [0.25, 0.3) is 0 Å². The first kappa shape index (κ1) is 14.0. The molecule has 3 nitrogen and oxygen atoms in total. The summed E-state index contributed by atoms with van der Waals surface area (Å²) in [6, 6.07) is 15.1. The fourth-order valence-corrected chi connectivity index (χ4v) is 2.69. The van der Waals surface area contributed by atoms with Crippen LogP contribution in [0.15, 0.2) is 48.5 Å². The molecular formula is C17H16ClNO2. The lowest BCUT2D eigenvalue weighted by atomic mass is 10.1. The molecule has 108 valence electrons. The summed E-state index contributed by atoms with van der Waals surface area (Å²) >= 11 is 5.98. The standard InChI is InChI=1S/C17H16ClNO2/c1-11(12-6-4-7-14(18)9-12)19-17(20)16-10-13-5-2-3-8-15(13)21-16/h2-9,11,16H,10H2,1H3,(H,19,20)/t11-,16-/m1/s1. The van der Waals surface area contributed by atoms with Crippen molar-refractivity contribution in [1.82, 2.24) is 5.32 Å². The number of benzene rings is 2. The van der Waals surface area contributed by atoms with Crippen LogP contribution in [0.3, 0.4) is 0 Å². The third-order valence-electron chi connectivity index (χ3n) is 3.65. The van der Waals surface area contributed by atoms with Gasteiger partial charge in [-0.05, 0) is 36.2 Å². The summed E-state index contributed by atoms with van der Waals surface area (Å²) in [5, 5.41) is 3.64. The highest BCUT2D eigenvalue weighted by atomic mass is 35.5. The minimum atomic E-state index is -0.455. The normalized spacial score (nSPS) is 17.7.